The number of amides is 2. The lowest BCUT2D eigenvalue weighted by molar-refractivity contribution is -0.125. The first-order valence-corrected chi connectivity index (χ1v) is 7.84. The van der Waals surface area contributed by atoms with E-state index >= 15 is 0 Å². The van der Waals surface area contributed by atoms with Gasteiger partial charge in [-0.1, -0.05) is 0 Å². The number of rotatable bonds is 4. The van der Waals surface area contributed by atoms with Crippen molar-refractivity contribution in [2.75, 3.05) is 27.2 Å². The van der Waals surface area contributed by atoms with E-state index in [2.05, 4.69) is 0 Å². The van der Waals surface area contributed by atoms with Crippen LogP contribution in [0.25, 0.3) is 0 Å². The maximum Gasteiger partial charge on any atom is 0.319 e. The average Bonchev–Trinajstić information content (AvgIpc) is 3.00. The Morgan fingerprint density at radius 3 is 2.42 bits per heavy atom. The maximum atomic E-state index is 12.6. The summed E-state index contributed by atoms with van der Waals surface area (Å²) in [6.07, 6.45) is 2.29. The Bertz CT molecular complexity index is 678. The van der Waals surface area contributed by atoms with Gasteiger partial charge in [-0.3, -0.25) is 9.59 Å². The number of nitrogens with zero attached hydrogens (tertiary/aromatic N) is 3. The van der Waals surface area contributed by atoms with Crippen molar-refractivity contribution in [2.24, 2.45) is 11.8 Å². The summed E-state index contributed by atoms with van der Waals surface area (Å²) in [7, 11) is 3.35. The van der Waals surface area contributed by atoms with E-state index in [0.29, 0.717) is 31.5 Å². The fourth-order valence-corrected chi connectivity index (χ4v) is 2.88. The Morgan fingerprint density at radius 1 is 1.33 bits per heavy atom. The number of piperidine rings is 1. The lowest BCUT2D eigenvalue weighted by Crippen LogP contribution is -2.45. The van der Waals surface area contributed by atoms with Crippen LogP contribution in [-0.4, -0.2) is 54.6 Å². The van der Waals surface area contributed by atoms with Crippen LogP contribution in [0.15, 0.2) is 16.7 Å². The van der Waals surface area contributed by atoms with E-state index in [-0.39, 0.29) is 23.5 Å². The van der Waals surface area contributed by atoms with Gasteiger partial charge in [-0.15, -0.1) is 0 Å². The van der Waals surface area contributed by atoms with Gasteiger partial charge in [0.2, 0.25) is 5.78 Å². The standard InChI is InChI=1S/C17H21N3O4/c1-11-6-9-24-16(11)15(22)13(10-18)14(21)12-4-7-20(8-5-12)17(23)19(2)3/h6,9,12-13H,4-5,7-8H2,1-3H3/t13-/m0/s1. The summed E-state index contributed by atoms with van der Waals surface area (Å²) < 4.78 is 5.11. The summed E-state index contributed by atoms with van der Waals surface area (Å²) in [6.45, 7) is 2.58. The molecule has 7 nitrogen and oxygen atoms in total. The number of hydrogen-bond donors (Lipinski definition) is 0. The third kappa shape index (κ3) is 3.48. The second-order valence-corrected chi connectivity index (χ2v) is 6.20. The molecule has 0 bridgehead atoms. The van der Waals surface area contributed by atoms with E-state index in [1.54, 1.807) is 32.0 Å². The van der Waals surface area contributed by atoms with Gasteiger partial charge in [0.05, 0.1) is 12.3 Å². The predicted molar refractivity (Wildman–Crippen MR) is 85.3 cm³/mol. The first-order valence-electron chi connectivity index (χ1n) is 7.84. The number of aryl methyl sites for hydroxylation is 1. The molecule has 1 saturated heterocycles. The number of urea groups is 1. The van der Waals surface area contributed by atoms with E-state index in [0.717, 1.165) is 0 Å². The minimum Gasteiger partial charge on any atom is -0.461 e. The van der Waals surface area contributed by atoms with Crippen LogP contribution in [0.5, 0.6) is 0 Å². The summed E-state index contributed by atoms with van der Waals surface area (Å²) in [4.78, 5) is 40.1. The molecule has 0 aromatic carbocycles. The second-order valence-electron chi connectivity index (χ2n) is 6.20. The molecule has 1 fully saturated rings. The largest absolute Gasteiger partial charge is 0.461 e. The Balaban J connectivity index is 2.03. The molecule has 0 saturated carbocycles. The van der Waals surface area contributed by atoms with Crippen LogP contribution in [-0.2, 0) is 4.79 Å². The smallest absolute Gasteiger partial charge is 0.319 e. The van der Waals surface area contributed by atoms with Gasteiger partial charge in [0.1, 0.15) is 0 Å². The van der Waals surface area contributed by atoms with Gasteiger partial charge in [0.15, 0.2) is 17.5 Å². The van der Waals surface area contributed by atoms with E-state index in [4.69, 9.17) is 4.42 Å². The number of ketones is 2. The summed E-state index contributed by atoms with van der Waals surface area (Å²) >= 11 is 0. The van der Waals surface area contributed by atoms with Crippen molar-refractivity contribution in [3.63, 3.8) is 0 Å². The molecule has 24 heavy (non-hydrogen) atoms. The Morgan fingerprint density at radius 2 is 1.96 bits per heavy atom. The summed E-state index contributed by atoms with van der Waals surface area (Å²) in [6, 6.07) is 3.34. The van der Waals surface area contributed by atoms with Crippen molar-refractivity contribution >= 4 is 17.6 Å². The molecular formula is C17H21N3O4. The number of hydrogen-bond acceptors (Lipinski definition) is 5. The highest BCUT2D eigenvalue weighted by molar-refractivity contribution is 6.12. The molecule has 1 aromatic rings. The zero-order valence-electron chi connectivity index (χ0n) is 14.1. The van der Waals surface area contributed by atoms with Crippen molar-refractivity contribution in [3.05, 3.63) is 23.7 Å². The third-order valence-electron chi connectivity index (χ3n) is 4.31. The molecule has 1 aliphatic rings. The number of carbonyl (C=O) groups excluding carboxylic acids is 3. The average molecular weight is 331 g/mol. The van der Waals surface area contributed by atoms with Gasteiger partial charge in [-0.25, -0.2) is 4.79 Å². The first kappa shape index (κ1) is 17.7. The quantitative estimate of drug-likeness (QED) is 0.620. The lowest BCUT2D eigenvalue weighted by atomic mass is 9.83. The molecule has 2 rings (SSSR count). The van der Waals surface area contributed by atoms with Crippen molar-refractivity contribution in [3.8, 4) is 6.07 Å². The molecule has 0 unspecified atom stereocenters. The van der Waals surface area contributed by atoms with Crippen LogP contribution in [0.2, 0.25) is 0 Å². The molecular weight excluding hydrogens is 310 g/mol. The minimum absolute atomic E-state index is 0.0649. The molecule has 7 heteroatoms. The highest BCUT2D eigenvalue weighted by Gasteiger charge is 2.37. The van der Waals surface area contributed by atoms with Gasteiger partial charge < -0.3 is 14.2 Å². The number of nitriles is 1. The van der Waals surface area contributed by atoms with Gasteiger partial charge in [-0.2, -0.15) is 5.26 Å². The SMILES string of the molecule is Cc1ccoc1C(=O)[C@@H](C#N)C(=O)C1CCN(C(=O)N(C)C)CC1. The summed E-state index contributed by atoms with van der Waals surface area (Å²) in [5.74, 6) is -2.64. The normalized spacial score (nSPS) is 16.3. The van der Waals surface area contributed by atoms with E-state index in [1.165, 1.54) is 11.2 Å². The molecule has 2 heterocycles. The van der Waals surface area contributed by atoms with Gasteiger partial charge in [-0.05, 0) is 31.4 Å². The predicted octanol–water partition coefficient (Wildman–Crippen LogP) is 1.87. The van der Waals surface area contributed by atoms with Crippen LogP contribution < -0.4 is 0 Å². The van der Waals surface area contributed by atoms with Crippen molar-refractivity contribution in [2.45, 2.75) is 19.8 Å². The first-order chi connectivity index (χ1) is 11.4. The number of carbonyl (C=O) groups is 3. The van der Waals surface area contributed by atoms with E-state index < -0.39 is 11.7 Å². The van der Waals surface area contributed by atoms with Crippen LogP contribution >= 0.6 is 0 Å². The lowest BCUT2D eigenvalue weighted by Gasteiger charge is -2.33. The topological polar surface area (TPSA) is 94.6 Å². The fraction of sp³-hybridized carbons (Fsp3) is 0.529. The monoisotopic (exact) mass is 331 g/mol. The Labute approximate surface area is 140 Å². The molecule has 128 valence electrons. The van der Waals surface area contributed by atoms with Gasteiger partial charge in [0, 0.05) is 33.1 Å². The fourth-order valence-electron chi connectivity index (χ4n) is 2.88. The summed E-state index contributed by atoms with van der Waals surface area (Å²) in [5, 5.41) is 9.30. The number of furan rings is 1. The number of Topliss-reactive ketones (excluding diaryl/α,β-unsaturated/α-hetero) is 2. The van der Waals surface area contributed by atoms with Crippen LogP contribution in [0, 0.1) is 30.1 Å². The summed E-state index contributed by atoms with van der Waals surface area (Å²) in [5.41, 5.74) is 0.611. The molecule has 0 radical (unpaired) electrons. The van der Waals surface area contributed by atoms with Crippen LogP contribution in [0.3, 0.4) is 0 Å². The van der Waals surface area contributed by atoms with Gasteiger partial charge >= 0.3 is 6.03 Å². The number of likely N-dealkylation sites (tertiary alicyclic amines) is 1. The van der Waals surface area contributed by atoms with E-state index in [1.807, 2.05) is 6.07 Å². The Hall–Kier alpha value is -2.62. The second kappa shape index (κ2) is 7.30. The highest BCUT2D eigenvalue weighted by atomic mass is 16.3. The van der Waals surface area contributed by atoms with Crippen molar-refractivity contribution in [1.82, 2.24) is 9.80 Å². The molecule has 2 amide bonds. The Kier molecular flexibility index (Phi) is 5.39. The molecule has 1 aliphatic heterocycles. The highest BCUT2D eigenvalue weighted by Crippen LogP contribution is 2.24. The zero-order valence-corrected chi connectivity index (χ0v) is 14.1. The molecule has 0 spiro atoms. The third-order valence-corrected chi connectivity index (χ3v) is 4.31. The van der Waals surface area contributed by atoms with Crippen molar-refractivity contribution in [1.29, 1.82) is 5.26 Å². The van der Waals surface area contributed by atoms with Gasteiger partial charge in [0.25, 0.3) is 0 Å². The minimum atomic E-state index is -1.35. The van der Waals surface area contributed by atoms with Crippen molar-refractivity contribution < 1.29 is 18.8 Å². The molecule has 1 aromatic heterocycles. The van der Waals surface area contributed by atoms with E-state index in [9.17, 15) is 19.6 Å². The molecule has 1 atom stereocenters. The van der Waals surface area contributed by atoms with Crippen LogP contribution in [0.4, 0.5) is 4.79 Å². The molecule has 0 N–H and O–H groups in total. The molecule has 0 aliphatic carbocycles. The zero-order chi connectivity index (χ0) is 17.9. The maximum absolute atomic E-state index is 12.6. The van der Waals surface area contributed by atoms with Crippen LogP contribution in [0.1, 0.15) is 29.0 Å².